The molecule has 0 spiro atoms. The summed E-state index contributed by atoms with van der Waals surface area (Å²) in [5.74, 6) is 0. The van der Waals surface area contributed by atoms with Gasteiger partial charge >= 0.3 is 0 Å². The van der Waals surface area contributed by atoms with E-state index in [2.05, 4.69) is 41.5 Å². The Labute approximate surface area is 78.4 Å². The molecule has 12 heavy (non-hydrogen) atoms. The molecule has 0 saturated heterocycles. The van der Waals surface area contributed by atoms with Gasteiger partial charge in [0.1, 0.15) is 0 Å². The van der Waals surface area contributed by atoms with Gasteiger partial charge < -0.3 is 4.48 Å². The highest BCUT2D eigenvalue weighted by Crippen LogP contribution is 2.20. The van der Waals surface area contributed by atoms with Crippen LogP contribution in [0.15, 0.2) is 0 Å². The summed E-state index contributed by atoms with van der Waals surface area (Å²) in [5, 5.41) is 0. The van der Waals surface area contributed by atoms with Crippen LogP contribution in [0.1, 0.15) is 41.5 Å². The van der Waals surface area contributed by atoms with Crippen LogP contribution in [-0.2, 0) is 0 Å². The molecule has 0 saturated carbocycles. The maximum absolute atomic E-state index is 2.33. The smallest absolute Gasteiger partial charge is 0.0835 e. The maximum atomic E-state index is 2.33. The molecule has 0 atom stereocenters. The third-order valence-corrected chi connectivity index (χ3v) is 2.82. The summed E-state index contributed by atoms with van der Waals surface area (Å²) in [6, 6.07) is 0. The van der Waals surface area contributed by atoms with Crippen molar-refractivity contribution in [2.75, 3.05) is 26.2 Å². The molecule has 0 aromatic carbocycles. The van der Waals surface area contributed by atoms with Crippen LogP contribution in [0.5, 0.6) is 0 Å². The summed E-state index contributed by atoms with van der Waals surface area (Å²) in [5.41, 5.74) is 0.460. The number of quaternary nitrogens is 1. The van der Waals surface area contributed by atoms with Gasteiger partial charge in [0.15, 0.2) is 0 Å². The summed E-state index contributed by atoms with van der Waals surface area (Å²) in [6.07, 6.45) is 0. The third-order valence-electron chi connectivity index (χ3n) is 2.82. The molecule has 0 bridgehead atoms. The van der Waals surface area contributed by atoms with Crippen LogP contribution in [0.25, 0.3) is 0 Å². The van der Waals surface area contributed by atoms with Crippen molar-refractivity contribution in [2.24, 2.45) is 5.41 Å². The van der Waals surface area contributed by atoms with Crippen molar-refractivity contribution < 1.29 is 4.48 Å². The minimum atomic E-state index is 0.460. The Bertz CT molecular complexity index is 109. The minimum Gasteiger partial charge on any atom is -0.324 e. The molecule has 0 unspecified atom stereocenters. The minimum absolute atomic E-state index is 0.460. The van der Waals surface area contributed by atoms with Crippen molar-refractivity contribution in [2.45, 2.75) is 41.5 Å². The molecule has 0 radical (unpaired) electrons. The number of hydrogen-bond acceptors (Lipinski definition) is 0. The Morgan fingerprint density at radius 1 is 0.833 bits per heavy atom. The summed E-state index contributed by atoms with van der Waals surface area (Å²) in [7, 11) is 0. The molecule has 0 rings (SSSR count). The quantitative estimate of drug-likeness (QED) is 0.572. The lowest BCUT2D eigenvalue weighted by Crippen LogP contribution is -2.51. The Hall–Kier alpha value is -0.0400. The van der Waals surface area contributed by atoms with E-state index in [0.717, 1.165) is 0 Å². The molecular formula is C11H26N+. The molecule has 0 aliphatic heterocycles. The van der Waals surface area contributed by atoms with Gasteiger partial charge in [-0.05, 0) is 20.8 Å². The van der Waals surface area contributed by atoms with E-state index >= 15 is 0 Å². The normalized spacial score (nSPS) is 13.5. The van der Waals surface area contributed by atoms with Crippen molar-refractivity contribution in [1.82, 2.24) is 0 Å². The van der Waals surface area contributed by atoms with Gasteiger partial charge in [0.25, 0.3) is 0 Å². The number of rotatable bonds is 4. The zero-order valence-electron chi connectivity index (χ0n) is 9.78. The van der Waals surface area contributed by atoms with E-state index in [1.54, 1.807) is 0 Å². The standard InChI is InChI=1S/C11H26N/c1-7-12(8-2,9-3)10-11(4,5)6/h7-10H2,1-6H3/q+1. The second kappa shape index (κ2) is 4.27. The lowest BCUT2D eigenvalue weighted by molar-refractivity contribution is -0.928. The first kappa shape index (κ1) is 12.0. The Kier molecular flexibility index (Phi) is 4.25. The fourth-order valence-corrected chi connectivity index (χ4v) is 2.01. The van der Waals surface area contributed by atoms with Gasteiger partial charge in [-0.1, -0.05) is 20.8 Å². The third kappa shape index (κ3) is 3.57. The van der Waals surface area contributed by atoms with Crippen molar-refractivity contribution in [3.63, 3.8) is 0 Å². The Balaban J connectivity index is 4.30. The van der Waals surface area contributed by atoms with Gasteiger partial charge in [-0.3, -0.25) is 0 Å². The monoisotopic (exact) mass is 172 g/mol. The first-order valence-electron chi connectivity index (χ1n) is 5.24. The second-order valence-corrected chi connectivity index (χ2v) is 5.01. The van der Waals surface area contributed by atoms with Crippen molar-refractivity contribution in [1.29, 1.82) is 0 Å². The van der Waals surface area contributed by atoms with E-state index in [-0.39, 0.29) is 0 Å². The highest BCUT2D eigenvalue weighted by atomic mass is 15.3. The molecule has 0 aromatic rings. The van der Waals surface area contributed by atoms with Gasteiger partial charge in [0.05, 0.1) is 26.2 Å². The van der Waals surface area contributed by atoms with Crippen LogP contribution in [0.4, 0.5) is 0 Å². The molecule has 1 nitrogen and oxygen atoms in total. The predicted molar refractivity (Wildman–Crippen MR) is 56.2 cm³/mol. The van der Waals surface area contributed by atoms with Crippen molar-refractivity contribution in [3.8, 4) is 0 Å². The zero-order chi connectivity index (χ0) is 9.83. The molecule has 0 fully saturated rings. The second-order valence-electron chi connectivity index (χ2n) is 5.01. The molecule has 0 aliphatic carbocycles. The highest BCUT2D eigenvalue weighted by Gasteiger charge is 2.27. The predicted octanol–water partition coefficient (Wildman–Crippen LogP) is 2.91. The molecule has 0 aliphatic rings. The molecule has 0 aromatic heterocycles. The summed E-state index contributed by atoms with van der Waals surface area (Å²) in [6.45, 7) is 19.0. The van der Waals surface area contributed by atoms with Crippen LogP contribution in [-0.4, -0.2) is 30.7 Å². The molecule has 0 amide bonds. The molecular weight excluding hydrogens is 146 g/mol. The maximum Gasteiger partial charge on any atom is 0.0835 e. The van der Waals surface area contributed by atoms with Crippen LogP contribution >= 0.6 is 0 Å². The molecule has 74 valence electrons. The average molecular weight is 172 g/mol. The van der Waals surface area contributed by atoms with E-state index in [4.69, 9.17) is 0 Å². The largest absolute Gasteiger partial charge is 0.324 e. The van der Waals surface area contributed by atoms with Gasteiger partial charge in [-0.15, -0.1) is 0 Å². The Morgan fingerprint density at radius 3 is 1.25 bits per heavy atom. The van der Waals surface area contributed by atoms with E-state index < -0.39 is 0 Å². The molecule has 1 heteroatoms. The van der Waals surface area contributed by atoms with Gasteiger partial charge in [0, 0.05) is 5.41 Å². The first-order chi connectivity index (χ1) is 5.39. The fourth-order valence-electron chi connectivity index (χ4n) is 2.01. The number of nitrogens with zero attached hydrogens (tertiary/aromatic N) is 1. The van der Waals surface area contributed by atoms with E-state index in [1.807, 2.05) is 0 Å². The summed E-state index contributed by atoms with van der Waals surface area (Å²) >= 11 is 0. The first-order valence-corrected chi connectivity index (χ1v) is 5.24. The topological polar surface area (TPSA) is 0 Å². The molecule has 0 heterocycles. The van der Waals surface area contributed by atoms with E-state index in [9.17, 15) is 0 Å². The van der Waals surface area contributed by atoms with Gasteiger partial charge in [-0.25, -0.2) is 0 Å². The number of hydrogen-bond donors (Lipinski definition) is 0. The van der Waals surface area contributed by atoms with Crippen LogP contribution < -0.4 is 0 Å². The molecule has 0 N–H and O–H groups in total. The van der Waals surface area contributed by atoms with Crippen LogP contribution in [0.3, 0.4) is 0 Å². The van der Waals surface area contributed by atoms with Gasteiger partial charge in [-0.2, -0.15) is 0 Å². The highest BCUT2D eigenvalue weighted by molar-refractivity contribution is 4.60. The van der Waals surface area contributed by atoms with E-state index in [1.165, 1.54) is 30.7 Å². The van der Waals surface area contributed by atoms with Crippen molar-refractivity contribution >= 4 is 0 Å². The lowest BCUT2D eigenvalue weighted by atomic mass is 9.94. The summed E-state index contributed by atoms with van der Waals surface area (Å²) < 4.78 is 1.27. The van der Waals surface area contributed by atoms with Gasteiger partial charge in [0.2, 0.25) is 0 Å². The van der Waals surface area contributed by atoms with E-state index in [0.29, 0.717) is 5.41 Å². The zero-order valence-corrected chi connectivity index (χ0v) is 9.78. The van der Waals surface area contributed by atoms with Crippen molar-refractivity contribution in [3.05, 3.63) is 0 Å². The lowest BCUT2D eigenvalue weighted by Gasteiger charge is -2.40. The Morgan fingerprint density at radius 2 is 1.17 bits per heavy atom. The fraction of sp³-hybridized carbons (Fsp3) is 1.00. The summed E-state index contributed by atoms with van der Waals surface area (Å²) in [4.78, 5) is 0. The SMILES string of the molecule is CC[N+](CC)(CC)CC(C)(C)C. The van der Waals surface area contributed by atoms with Crippen LogP contribution in [0, 0.1) is 5.41 Å². The average Bonchev–Trinajstić information content (AvgIpc) is 1.99. The van der Waals surface area contributed by atoms with Crippen LogP contribution in [0.2, 0.25) is 0 Å².